The number of rotatable bonds is 5. The highest BCUT2D eigenvalue weighted by molar-refractivity contribution is 5.97. The fraction of sp³-hybridized carbons (Fsp3) is 0.484. The first-order chi connectivity index (χ1) is 18.2. The Morgan fingerprint density at radius 3 is 2.47 bits per heavy atom. The molecule has 3 aliphatic heterocycles. The number of hydrogen-bond donors (Lipinski definition) is 1. The van der Waals surface area contributed by atoms with Crippen molar-refractivity contribution in [3.05, 3.63) is 76.4 Å². The Morgan fingerprint density at radius 1 is 0.974 bits per heavy atom. The van der Waals surface area contributed by atoms with Crippen molar-refractivity contribution in [1.29, 1.82) is 0 Å². The van der Waals surface area contributed by atoms with Crippen LogP contribution in [0.1, 0.15) is 59.8 Å². The van der Waals surface area contributed by atoms with Gasteiger partial charge in [0.15, 0.2) is 0 Å². The van der Waals surface area contributed by atoms with E-state index in [2.05, 4.69) is 41.3 Å². The average Bonchev–Trinajstić information content (AvgIpc) is 2.89. The molecule has 1 atom stereocenters. The molecule has 0 spiro atoms. The molecule has 5 rings (SSSR count). The third kappa shape index (κ3) is 6.11. The Balaban J connectivity index is 1.17. The summed E-state index contributed by atoms with van der Waals surface area (Å²) >= 11 is 0. The molecule has 202 valence electrons. The standard InChI is InChI=1S/C31H39N3O4/c1-31(2,3)38-30(37)33-15-11-23(12-16-33)24-8-9-28-25(18-24)13-17-34(29(28)36)21-27(35)20-32-14-10-22-6-4-5-7-26(22)19-32/h4-9,11,18,27,35H,10,12-17,19-21H2,1-3H3. The fourth-order valence-corrected chi connectivity index (χ4v) is 5.65. The van der Waals surface area contributed by atoms with Crippen LogP contribution in [0.5, 0.6) is 0 Å². The van der Waals surface area contributed by atoms with Crippen molar-refractivity contribution in [3.8, 4) is 0 Å². The van der Waals surface area contributed by atoms with Crippen LogP contribution in [-0.2, 0) is 24.1 Å². The number of nitrogens with zero attached hydrogens (tertiary/aromatic N) is 3. The second kappa shape index (κ2) is 10.9. The van der Waals surface area contributed by atoms with E-state index in [9.17, 15) is 14.7 Å². The fourth-order valence-electron chi connectivity index (χ4n) is 5.65. The molecule has 0 bridgehead atoms. The molecule has 2 aromatic rings. The van der Waals surface area contributed by atoms with Crippen LogP contribution in [0.4, 0.5) is 4.79 Å². The summed E-state index contributed by atoms with van der Waals surface area (Å²) in [6.07, 6.45) is 3.75. The van der Waals surface area contributed by atoms with Crippen molar-refractivity contribution in [2.24, 2.45) is 0 Å². The topological polar surface area (TPSA) is 73.3 Å². The van der Waals surface area contributed by atoms with Gasteiger partial charge in [0.1, 0.15) is 5.60 Å². The number of carbonyl (C=O) groups excluding carboxylic acids is 2. The molecular weight excluding hydrogens is 478 g/mol. The molecule has 2 amide bonds. The molecule has 0 aromatic heterocycles. The molecule has 0 radical (unpaired) electrons. The zero-order valence-electron chi connectivity index (χ0n) is 22.8. The largest absolute Gasteiger partial charge is 0.444 e. The van der Waals surface area contributed by atoms with Gasteiger partial charge >= 0.3 is 6.09 Å². The van der Waals surface area contributed by atoms with E-state index in [0.29, 0.717) is 32.7 Å². The molecule has 7 nitrogen and oxygen atoms in total. The first kappa shape index (κ1) is 26.4. The monoisotopic (exact) mass is 517 g/mol. The van der Waals surface area contributed by atoms with Crippen molar-refractivity contribution in [3.63, 3.8) is 0 Å². The Hall–Kier alpha value is -3.16. The molecule has 1 N–H and O–H groups in total. The van der Waals surface area contributed by atoms with Gasteiger partial charge in [-0.3, -0.25) is 9.69 Å². The molecule has 7 heteroatoms. The van der Waals surface area contributed by atoms with Crippen LogP contribution >= 0.6 is 0 Å². The molecule has 0 saturated carbocycles. The summed E-state index contributed by atoms with van der Waals surface area (Å²) in [5, 5.41) is 10.8. The molecule has 0 fully saturated rings. The lowest BCUT2D eigenvalue weighted by Gasteiger charge is -2.34. The third-order valence-electron chi connectivity index (χ3n) is 7.62. The van der Waals surface area contributed by atoms with Gasteiger partial charge in [0.25, 0.3) is 5.91 Å². The molecule has 3 aliphatic rings. The van der Waals surface area contributed by atoms with Gasteiger partial charge in [-0.15, -0.1) is 0 Å². The van der Waals surface area contributed by atoms with Crippen molar-refractivity contribution >= 4 is 17.6 Å². The first-order valence-corrected chi connectivity index (χ1v) is 13.7. The Kier molecular flexibility index (Phi) is 7.59. The van der Waals surface area contributed by atoms with E-state index in [1.807, 2.05) is 32.9 Å². The smallest absolute Gasteiger partial charge is 0.410 e. The molecule has 1 unspecified atom stereocenters. The van der Waals surface area contributed by atoms with Crippen LogP contribution in [-0.4, -0.2) is 82.8 Å². The zero-order valence-corrected chi connectivity index (χ0v) is 22.8. The van der Waals surface area contributed by atoms with Crippen LogP contribution in [0.15, 0.2) is 48.5 Å². The highest BCUT2D eigenvalue weighted by Gasteiger charge is 2.28. The predicted molar refractivity (Wildman–Crippen MR) is 148 cm³/mol. The number of fused-ring (bicyclic) bond motifs is 2. The second-order valence-electron chi connectivity index (χ2n) is 11.7. The maximum Gasteiger partial charge on any atom is 0.410 e. The maximum atomic E-state index is 13.3. The minimum Gasteiger partial charge on any atom is -0.444 e. The minimum atomic E-state index is -0.578. The molecule has 3 heterocycles. The van der Waals surface area contributed by atoms with Crippen molar-refractivity contribution in [2.75, 3.05) is 39.3 Å². The zero-order chi connectivity index (χ0) is 26.9. The van der Waals surface area contributed by atoms with E-state index in [0.717, 1.165) is 49.0 Å². The summed E-state index contributed by atoms with van der Waals surface area (Å²) in [5.74, 6) is -0.00503. The van der Waals surface area contributed by atoms with E-state index >= 15 is 0 Å². The predicted octanol–water partition coefficient (Wildman–Crippen LogP) is 4.13. The summed E-state index contributed by atoms with van der Waals surface area (Å²) in [5.41, 5.74) is 6.31. The summed E-state index contributed by atoms with van der Waals surface area (Å²) < 4.78 is 5.49. The maximum absolute atomic E-state index is 13.3. The van der Waals surface area contributed by atoms with Crippen LogP contribution < -0.4 is 0 Å². The van der Waals surface area contributed by atoms with Crippen LogP contribution in [0, 0.1) is 0 Å². The lowest BCUT2D eigenvalue weighted by molar-refractivity contribution is 0.0270. The van der Waals surface area contributed by atoms with E-state index in [1.54, 1.807) is 9.80 Å². The van der Waals surface area contributed by atoms with Gasteiger partial charge < -0.3 is 19.6 Å². The van der Waals surface area contributed by atoms with Gasteiger partial charge in [0, 0.05) is 51.4 Å². The Morgan fingerprint density at radius 2 is 1.74 bits per heavy atom. The number of aliphatic hydroxyl groups is 1. The third-order valence-corrected chi connectivity index (χ3v) is 7.62. The van der Waals surface area contributed by atoms with Crippen molar-refractivity contribution < 1.29 is 19.4 Å². The number of hydrogen-bond acceptors (Lipinski definition) is 5. The Bertz CT molecular complexity index is 1230. The van der Waals surface area contributed by atoms with Crippen LogP contribution in [0.2, 0.25) is 0 Å². The second-order valence-corrected chi connectivity index (χ2v) is 11.7. The molecule has 0 saturated heterocycles. The molecular formula is C31H39N3O4. The lowest BCUT2D eigenvalue weighted by Crippen LogP contribution is -2.46. The molecule has 38 heavy (non-hydrogen) atoms. The van der Waals surface area contributed by atoms with Crippen molar-refractivity contribution in [1.82, 2.24) is 14.7 Å². The van der Waals surface area contributed by atoms with E-state index in [4.69, 9.17) is 4.74 Å². The minimum absolute atomic E-state index is 0.00503. The quantitative estimate of drug-likeness (QED) is 0.646. The van der Waals surface area contributed by atoms with Crippen molar-refractivity contribution in [2.45, 2.75) is 58.3 Å². The molecule has 2 aromatic carbocycles. The number of ether oxygens (including phenoxy) is 1. The average molecular weight is 518 g/mol. The van der Waals surface area contributed by atoms with E-state index in [-0.39, 0.29) is 12.0 Å². The van der Waals surface area contributed by atoms with Gasteiger partial charge in [0.2, 0.25) is 0 Å². The van der Waals surface area contributed by atoms with Gasteiger partial charge in [-0.05, 0) is 73.9 Å². The summed E-state index contributed by atoms with van der Waals surface area (Å²) in [6.45, 7) is 10.1. The normalized spacial score (nSPS) is 18.9. The summed E-state index contributed by atoms with van der Waals surface area (Å²) in [4.78, 5) is 31.4. The SMILES string of the molecule is CC(C)(C)OC(=O)N1CC=C(c2ccc3c(c2)CCN(CC(O)CN2CCc4ccccc4C2)C3=O)CC1. The number of β-amino-alcohol motifs (C(OH)–C–C–N with tert-alkyl or cyclic N) is 1. The van der Waals surface area contributed by atoms with Crippen LogP contribution in [0.3, 0.4) is 0 Å². The first-order valence-electron chi connectivity index (χ1n) is 13.7. The molecule has 0 aliphatic carbocycles. The van der Waals surface area contributed by atoms with E-state index in [1.165, 1.54) is 16.7 Å². The van der Waals surface area contributed by atoms with Gasteiger partial charge in [-0.25, -0.2) is 4.79 Å². The van der Waals surface area contributed by atoms with Gasteiger partial charge in [-0.1, -0.05) is 42.5 Å². The van der Waals surface area contributed by atoms with Gasteiger partial charge in [-0.2, -0.15) is 0 Å². The van der Waals surface area contributed by atoms with Gasteiger partial charge in [0.05, 0.1) is 6.10 Å². The number of carbonyl (C=O) groups is 2. The number of amides is 2. The van der Waals surface area contributed by atoms with Crippen LogP contribution in [0.25, 0.3) is 5.57 Å². The highest BCUT2D eigenvalue weighted by atomic mass is 16.6. The summed E-state index contributed by atoms with van der Waals surface area (Å²) in [7, 11) is 0. The number of benzene rings is 2. The van der Waals surface area contributed by atoms with E-state index < -0.39 is 11.7 Å². The highest BCUT2D eigenvalue weighted by Crippen LogP contribution is 2.28. The Labute approximate surface area is 225 Å². The lowest BCUT2D eigenvalue weighted by atomic mass is 9.92. The number of aliphatic hydroxyl groups excluding tert-OH is 1. The summed E-state index contributed by atoms with van der Waals surface area (Å²) in [6, 6.07) is 14.6.